The minimum Gasteiger partial charge on any atom is -0.363 e. The first-order valence-electron chi connectivity index (χ1n) is 8.95. The number of piperidine rings is 1. The van der Waals surface area contributed by atoms with Gasteiger partial charge in [0.2, 0.25) is 5.91 Å². The van der Waals surface area contributed by atoms with Gasteiger partial charge in [0.05, 0.1) is 18.6 Å². The van der Waals surface area contributed by atoms with Crippen LogP contribution in [0.15, 0.2) is 47.8 Å². The lowest BCUT2D eigenvalue weighted by Crippen LogP contribution is -2.59. The molecule has 0 N–H and O–H groups in total. The molecule has 2 saturated heterocycles. The van der Waals surface area contributed by atoms with Gasteiger partial charge < -0.3 is 14.5 Å². The zero-order chi connectivity index (χ0) is 18.0. The first kappa shape index (κ1) is 17.2. The van der Waals surface area contributed by atoms with Crippen molar-refractivity contribution < 1.29 is 14.3 Å². The number of carbonyl (C=O) groups excluding carboxylic acids is 2. The lowest BCUT2D eigenvalue weighted by molar-refractivity contribution is -0.150. The second-order valence-corrected chi connectivity index (χ2v) is 7.96. The summed E-state index contributed by atoms with van der Waals surface area (Å²) >= 11 is 1.62. The molecule has 0 aliphatic carbocycles. The molecule has 0 bridgehead atoms. The van der Waals surface area contributed by atoms with E-state index in [4.69, 9.17) is 4.74 Å². The number of nitrogens with zero attached hydrogens (tertiary/aromatic N) is 2. The molecule has 0 saturated carbocycles. The minimum atomic E-state index is -0.344. The summed E-state index contributed by atoms with van der Waals surface area (Å²) in [5.74, 6) is 0.173. The van der Waals surface area contributed by atoms with Gasteiger partial charge in [-0.25, -0.2) is 0 Å². The van der Waals surface area contributed by atoms with Gasteiger partial charge in [0.25, 0.3) is 5.91 Å². The summed E-state index contributed by atoms with van der Waals surface area (Å²) in [4.78, 5) is 29.7. The number of para-hydroxylation sites is 1. The molecule has 0 unspecified atom stereocenters. The number of amides is 2. The van der Waals surface area contributed by atoms with Crippen LogP contribution >= 0.6 is 11.3 Å². The molecule has 1 aromatic heterocycles. The molecule has 136 valence electrons. The fraction of sp³-hybridized carbons (Fsp3) is 0.400. The van der Waals surface area contributed by atoms with Gasteiger partial charge in [-0.1, -0.05) is 24.3 Å². The van der Waals surface area contributed by atoms with Crippen LogP contribution in [-0.4, -0.2) is 48.6 Å². The third-order valence-electron chi connectivity index (χ3n) is 5.25. The number of likely N-dealkylation sites (tertiary alicyclic amines) is 1. The third-order valence-corrected chi connectivity index (χ3v) is 6.13. The number of hydrogen-bond donors (Lipinski definition) is 0. The smallest absolute Gasteiger partial charge is 0.253 e. The number of rotatable bonds is 3. The molecule has 3 heterocycles. The highest BCUT2D eigenvalue weighted by molar-refractivity contribution is 7.10. The summed E-state index contributed by atoms with van der Waals surface area (Å²) in [7, 11) is 0. The Hall–Kier alpha value is -2.18. The first-order valence-corrected chi connectivity index (χ1v) is 9.83. The summed E-state index contributed by atoms with van der Waals surface area (Å²) in [6.07, 6.45) is 2.00. The van der Waals surface area contributed by atoms with Gasteiger partial charge in [0.1, 0.15) is 6.61 Å². The molecule has 26 heavy (non-hydrogen) atoms. The van der Waals surface area contributed by atoms with Crippen LogP contribution in [-0.2, 0) is 20.7 Å². The quantitative estimate of drug-likeness (QED) is 0.835. The van der Waals surface area contributed by atoms with Crippen LogP contribution in [0, 0.1) is 0 Å². The average molecular weight is 370 g/mol. The van der Waals surface area contributed by atoms with Crippen LogP contribution in [0.4, 0.5) is 5.69 Å². The van der Waals surface area contributed by atoms with Crippen LogP contribution in [0.5, 0.6) is 0 Å². The van der Waals surface area contributed by atoms with Crippen LogP contribution in [0.3, 0.4) is 0 Å². The van der Waals surface area contributed by atoms with E-state index in [1.165, 1.54) is 0 Å². The predicted octanol–water partition coefficient (Wildman–Crippen LogP) is 2.72. The molecule has 4 rings (SSSR count). The van der Waals surface area contributed by atoms with Crippen LogP contribution in [0.25, 0.3) is 0 Å². The summed E-state index contributed by atoms with van der Waals surface area (Å²) in [6, 6.07) is 13.7. The Labute approximate surface area is 157 Å². The van der Waals surface area contributed by atoms with Crippen LogP contribution in [0.1, 0.15) is 17.7 Å². The van der Waals surface area contributed by atoms with Crippen LogP contribution < -0.4 is 4.90 Å². The van der Waals surface area contributed by atoms with E-state index in [0.717, 1.165) is 23.4 Å². The Balaban J connectivity index is 1.40. The second kappa shape index (κ2) is 7.21. The maximum Gasteiger partial charge on any atom is 0.253 e. The molecule has 0 atom stereocenters. The number of ether oxygens (including phenoxy) is 1. The number of carbonyl (C=O) groups is 2. The van der Waals surface area contributed by atoms with Crippen molar-refractivity contribution in [2.45, 2.75) is 24.9 Å². The fourth-order valence-electron chi connectivity index (χ4n) is 3.70. The highest BCUT2D eigenvalue weighted by Crippen LogP contribution is 2.33. The lowest BCUT2D eigenvalue weighted by atomic mass is 9.89. The van der Waals surface area contributed by atoms with Crippen molar-refractivity contribution in [3.63, 3.8) is 0 Å². The molecule has 6 heteroatoms. The van der Waals surface area contributed by atoms with Crippen molar-refractivity contribution in [1.82, 2.24) is 4.90 Å². The van der Waals surface area contributed by atoms with Crippen molar-refractivity contribution in [3.05, 3.63) is 52.7 Å². The van der Waals surface area contributed by atoms with Gasteiger partial charge in [-0.3, -0.25) is 9.59 Å². The number of hydrogen-bond acceptors (Lipinski definition) is 4. The van der Waals surface area contributed by atoms with Crippen molar-refractivity contribution in [1.29, 1.82) is 0 Å². The van der Waals surface area contributed by atoms with Crippen molar-refractivity contribution in [2.75, 3.05) is 31.1 Å². The van der Waals surface area contributed by atoms with E-state index in [1.807, 2.05) is 57.6 Å². The Bertz CT molecular complexity index is 768. The van der Waals surface area contributed by atoms with Crippen molar-refractivity contribution in [3.8, 4) is 0 Å². The molecule has 2 aromatic rings. The van der Waals surface area contributed by atoms with Crippen molar-refractivity contribution in [2.24, 2.45) is 0 Å². The Morgan fingerprint density at radius 1 is 1.12 bits per heavy atom. The maximum atomic E-state index is 12.5. The van der Waals surface area contributed by atoms with E-state index >= 15 is 0 Å². The van der Waals surface area contributed by atoms with Gasteiger partial charge in [0, 0.05) is 23.7 Å². The Morgan fingerprint density at radius 3 is 2.58 bits per heavy atom. The van der Waals surface area contributed by atoms with Gasteiger partial charge in [0.15, 0.2) is 0 Å². The molecule has 1 aromatic carbocycles. The molecule has 2 aliphatic heterocycles. The molecule has 0 radical (unpaired) electrons. The molecule has 2 aliphatic rings. The van der Waals surface area contributed by atoms with E-state index in [1.54, 1.807) is 11.3 Å². The highest BCUT2D eigenvalue weighted by Gasteiger charge is 2.43. The van der Waals surface area contributed by atoms with Gasteiger partial charge >= 0.3 is 0 Å². The Morgan fingerprint density at radius 2 is 1.88 bits per heavy atom. The highest BCUT2D eigenvalue weighted by atomic mass is 32.1. The Kier molecular flexibility index (Phi) is 4.78. The molecular weight excluding hydrogens is 348 g/mol. The second-order valence-electron chi connectivity index (χ2n) is 6.92. The average Bonchev–Trinajstić information content (AvgIpc) is 3.18. The predicted molar refractivity (Wildman–Crippen MR) is 101 cm³/mol. The summed E-state index contributed by atoms with van der Waals surface area (Å²) in [5.41, 5.74) is 0.570. The van der Waals surface area contributed by atoms with E-state index in [-0.39, 0.29) is 24.0 Å². The largest absolute Gasteiger partial charge is 0.363 e. The molecular formula is C20H22N2O3S. The summed E-state index contributed by atoms with van der Waals surface area (Å²) < 4.78 is 5.98. The van der Waals surface area contributed by atoms with E-state index in [9.17, 15) is 9.59 Å². The maximum absolute atomic E-state index is 12.5. The summed E-state index contributed by atoms with van der Waals surface area (Å²) in [5, 5.41) is 2.00. The lowest BCUT2D eigenvalue weighted by Gasteiger charge is -2.47. The van der Waals surface area contributed by atoms with E-state index in [0.29, 0.717) is 26.1 Å². The minimum absolute atomic E-state index is 0.00183. The normalized spacial score (nSPS) is 19.8. The third kappa shape index (κ3) is 3.52. The fourth-order valence-corrected chi connectivity index (χ4v) is 4.39. The number of morpholine rings is 1. The summed E-state index contributed by atoms with van der Waals surface area (Å²) in [6.45, 7) is 2.03. The van der Waals surface area contributed by atoms with Gasteiger partial charge in [-0.15, -0.1) is 11.3 Å². The standard InChI is InChI=1S/C20H22N2O3S/c23-18(13-17-7-4-12-26-17)21-10-8-20(9-11-21)15-22(19(24)14-25-20)16-5-2-1-3-6-16/h1-7,12H,8-11,13-15H2. The first-order chi connectivity index (χ1) is 12.7. The number of thiophene rings is 1. The zero-order valence-corrected chi connectivity index (χ0v) is 15.4. The van der Waals surface area contributed by atoms with Gasteiger partial charge in [-0.05, 0) is 36.4 Å². The van der Waals surface area contributed by atoms with Crippen LogP contribution in [0.2, 0.25) is 0 Å². The van der Waals surface area contributed by atoms with Crippen molar-refractivity contribution >= 4 is 28.8 Å². The van der Waals surface area contributed by atoms with E-state index < -0.39 is 0 Å². The molecule has 5 nitrogen and oxygen atoms in total. The number of benzene rings is 1. The molecule has 2 amide bonds. The number of anilines is 1. The topological polar surface area (TPSA) is 49.9 Å². The van der Waals surface area contributed by atoms with Gasteiger partial charge in [-0.2, -0.15) is 0 Å². The SMILES string of the molecule is O=C(Cc1cccs1)N1CCC2(CC1)CN(c1ccccc1)C(=O)CO2. The molecule has 1 spiro atoms. The molecule has 2 fully saturated rings. The zero-order valence-electron chi connectivity index (χ0n) is 14.6. The monoisotopic (exact) mass is 370 g/mol. The van der Waals surface area contributed by atoms with E-state index in [2.05, 4.69) is 0 Å².